The van der Waals surface area contributed by atoms with Gasteiger partial charge in [0.15, 0.2) is 0 Å². The van der Waals surface area contributed by atoms with E-state index in [-0.39, 0.29) is 0 Å². The minimum absolute atomic E-state index is 0.412. The lowest BCUT2D eigenvalue weighted by molar-refractivity contribution is 0.443. The van der Waals surface area contributed by atoms with E-state index < -0.39 is 0 Å². The maximum absolute atomic E-state index is 3.77. The first-order valence-corrected chi connectivity index (χ1v) is 7.89. The number of hydrogen-bond donors (Lipinski definition) is 1. The summed E-state index contributed by atoms with van der Waals surface area (Å²) in [6, 6.07) is 16.1. The molecule has 2 atom stereocenters. The summed E-state index contributed by atoms with van der Waals surface area (Å²) in [5, 5.41) is 3.77. The van der Waals surface area contributed by atoms with E-state index in [0.717, 1.165) is 0 Å². The van der Waals surface area contributed by atoms with Gasteiger partial charge in [-0.15, -0.1) is 11.3 Å². The van der Waals surface area contributed by atoms with Crippen LogP contribution in [-0.4, -0.2) is 0 Å². The van der Waals surface area contributed by atoms with Crippen LogP contribution in [0.3, 0.4) is 0 Å². The molecule has 0 spiro atoms. The molecule has 0 saturated heterocycles. The molecule has 102 valence electrons. The van der Waals surface area contributed by atoms with Crippen molar-refractivity contribution >= 4 is 11.3 Å². The van der Waals surface area contributed by atoms with Gasteiger partial charge in [-0.1, -0.05) is 43.7 Å². The fourth-order valence-electron chi connectivity index (χ4n) is 2.39. The van der Waals surface area contributed by atoms with E-state index >= 15 is 0 Å². The zero-order valence-electron chi connectivity index (χ0n) is 12.0. The van der Waals surface area contributed by atoms with Crippen LogP contribution in [0.5, 0.6) is 0 Å². The molecule has 19 heavy (non-hydrogen) atoms. The summed E-state index contributed by atoms with van der Waals surface area (Å²) in [6.07, 6.45) is 2.38. The maximum atomic E-state index is 3.77. The summed E-state index contributed by atoms with van der Waals surface area (Å²) >= 11 is 1.89. The first kappa shape index (κ1) is 14.3. The van der Waals surface area contributed by atoms with E-state index in [1.165, 1.54) is 28.2 Å². The van der Waals surface area contributed by atoms with Crippen LogP contribution in [0.25, 0.3) is 0 Å². The molecule has 1 aromatic carbocycles. The molecule has 1 nitrogen and oxygen atoms in total. The molecule has 0 saturated carbocycles. The third-order valence-electron chi connectivity index (χ3n) is 3.42. The van der Waals surface area contributed by atoms with Crippen LogP contribution >= 0.6 is 11.3 Å². The van der Waals surface area contributed by atoms with Gasteiger partial charge in [0.1, 0.15) is 0 Å². The molecule has 2 aromatic rings. The number of hydrogen-bond acceptors (Lipinski definition) is 2. The molecule has 0 fully saturated rings. The molecule has 1 aromatic heterocycles. The van der Waals surface area contributed by atoms with Gasteiger partial charge in [0.25, 0.3) is 0 Å². The molecule has 2 rings (SSSR count). The van der Waals surface area contributed by atoms with E-state index in [4.69, 9.17) is 0 Å². The Balaban J connectivity index is 2.08. The Labute approximate surface area is 120 Å². The SMILES string of the molecule is CCCC(NC(C)c1ccc(C)s1)c1ccccc1. The molecule has 0 aliphatic heterocycles. The molecule has 1 heterocycles. The lowest BCUT2D eigenvalue weighted by atomic mass is 10.0. The zero-order valence-corrected chi connectivity index (χ0v) is 12.8. The quantitative estimate of drug-likeness (QED) is 0.758. The molecule has 0 amide bonds. The van der Waals surface area contributed by atoms with Gasteiger partial charge in [0.2, 0.25) is 0 Å². The highest BCUT2D eigenvalue weighted by molar-refractivity contribution is 7.12. The van der Waals surface area contributed by atoms with Crippen molar-refractivity contribution in [2.75, 3.05) is 0 Å². The average Bonchev–Trinajstić information content (AvgIpc) is 2.86. The fourth-order valence-corrected chi connectivity index (χ4v) is 3.28. The van der Waals surface area contributed by atoms with Crippen molar-refractivity contribution in [3.8, 4) is 0 Å². The normalized spacial score (nSPS) is 14.3. The van der Waals surface area contributed by atoms with Crippen molar-refractivity contribution < 1.29 is 0 Å². The van der Waals surface area contributed by atoms with Crippen molar-refractivity contribution in [1.82, 2.24) is 5.32 Å². The van der Waals surface area contributed by atoms with Crippen LogP contribution in [0.2, 0.25) is 0 Å². The molecular formula is C17H23NS. The standard InChI is InChI=1S/C17H23NS/c1-4-8-16(15-9-6-5-7-10-15)18-14(3)17-12-11-13(2)19-17/h5-7,9-12,14,16,18H,4,8H2,1-3H3. The first-order valence-electron chi connectivity index (χ1n) is 7.08. The van der Waals surface area contributed by atoms with Gasteiger partial charge in [0.05, 0.1) is 0 Å². The minimum atomic E-state index is 0.412. The van der Waals surface area contributed by atoms with Gasteiger partial charge in [-0.05, 0) is 38.0 Å². The second-order valence-electron chi connectivity index (χ2n) is 5.09. The Morgan fingerprint density at radius 3 is 2.42 bits per heavy atom. The highest BCUT2D eigenvalue weighted by atomic mass is 32.1. The molecule has 1 N–H and O–H groups in total. The van der Waals surface area contributed by atoms with Gasteiger partial charge < -0.3 is 5.32 Å². The number of rotatable bonds is 6. The number of aryl methyl sites for hydroxylation is 1. The predicted molar refractivity (Wildman–Crippen MR) is 84.7 cm³/mol. The van der Waals surface area contributed by atoms with E-state index in [9.17, 15) is 0 Å². The predicted octanol–water partition coefficient (Wildman–Crippen LogP) is 5.25. The van der Waals surface area contributed by atoms with E-state index in [1.807, 2.05) is 11.3 Å². The van der Waals surface area contributed by atoms with Crippen LogP contribution in [0.15, 0.2) is 42.5 Å². The smallest absolute Gasteiger partial charge is 0.0391 e. The van der Waals surface area contributed by atoms with Crippen molar-refractivity contribution in [2.24, 2.45) is 0 Å². The Morgan fingerprint density at radius 2 is 1.84 bits per heavy atom. The Morgan fingerprint density at radius 1 is 1.11 bits per heavy atom. The van der Waals surface area contributed by atoms with Crippen molar-refractivity contribution in [2.45, 2.75) is 45.7 Å². The Kier molecular flexibility index (Phi) is 5.17. The third kappa shape index (κ3) is 3.92. The number of thiophene rings is 1. The van der Waals surface area contributed by atoms with Crippen molar-refractivity contribution in [3.05, 3.63) is 57.8 Å². The van der Waals surface area contributed by atoms with Gasteiger partial charge in [-0.3, -0.25) is 0 Å². The van der Waals surface area contributed by atoms with Gasteiger partial charge >= 0.3 is 0 Å². The van der Waals surface area contributed by atoms with Gasteiger partial charge in [0, 0.05) is 21.8 Å². The zero-order chi connectivity index (χ0) is 13.7. The Bertz CT molecular complexity index is 489. The van der Waals surface area contributed by atoms with Crippen molar-refractivity contribution in [3.63, 3.8) is 0 Å². The summed E-state index contributed by atoms with van der Waals surface area (Å²) in [5.74, 6) is 0. The summed E-state index contributed by atoms with van der Waals surface area (Å²) in [7, 11) is 0. The lowest BCUT2D eigenvalue weighted by Gasteiger charge is -2.23. The van der Waals surface area contributed by atoms with E-state index in [0.29, 0.717) is 12.1 Å². The van der Waals surface area contributed by atoms with Gasteiger partial charge in [-0.25, -0.2) is 0 Å². The number of benzene rings is 1. The summed E-state index contributed by atoms with van der Waals surface area (Å²) < 4.78 is 0. The van der Waals surface area contributed by atoms with Crippen LogP contribution < -0.4 is 5.32 Å². The second kappa shape index (κ2) is 6.88. The highest BCUT2D eigenvalue weighted by Gasteiger charge is 2.15. The summed E-state index contributed by atoms with van der Waals surface area (Å²) in [6.45, 7) is 6.68. The average molecular weight is 273 g/mol. The molecule has 2 unspecified atom stereocenters. The van der Waals surface area contributed by atoms with Gasteiger partial charge in [-0.2, -0.15) is 0 Å². The molecular weight excluding hydrogens is 250 g/mol. The van der Waals surface area contributed by atoms with Crippen LogP contribution in [0.1, 0.15) is 54.1 Å². The van der Waals surface area contributed by atoms with Crippen molar-refractivity contribution in [1.29, 1.82) is 0 Å². The molecule has 2 heteroatoms. The van der Waals surface area contributed by atoms with Crippen LogP contribution in [-0.2, 0) is 0 Å². The highest BCUT2D eigenvalue weighted by Crippen LogP contribution is 2.27. The molecule has 0 radical (unpaired) electrons. The van der Waals surface area contributed by atoms with E-state index in [2.05, 4.69) is 68.6 Å². The second-order valence-corrected chi connectivity index (χ2v) is 6.41. The number of nitrogens with one attached hydrogen (secondary N) is 1. The first-order chi connectivity index (χ1) is 9.20. The van der Waals surface area contributed by atoms with E-state index in [1.54, 1.807) is 0 Å². The maximum Gasteiger partial charge on any atom is 0.0391 e. The third-order valence-corrected chi connectivity index (χ3v) is 4.60. The molecule has 0 aliphatic rings. The topological polar surface area (TPSA) is 12.0 Å². The largest absolute Gasteiger partial charge is 0.303 e. The molecule has 0 bridgehead atoms. The lowest BCUT2D eigenvalue weighted by Crippen LogP contribution is -2.24. The Hall–Kier alpha value is -1.12. The van der Waals surface area contributed by atoms with Crippen LogP contribution in [0.4, 0.5) is 0 Å². The monoisotopic (exact) mass is 273 g/mol. The molecule has 0 aliphatic carbocycles. The summed E-state index contributed by atoms with van der Waals surface area (Å²) in [5.41, 5.74) is 1.39. The van der Waals surface area contributed by atoms with Crippen LogP contribution in [0, 0.1) is 6.92 Å². The minimum Gasteiger partial charge on any atom is -0.303 e. The fraction of sp³-hybridized carbons (Fsp3) is 0.412. The summed E-state index contributed by atoms with van der Waals surface area (Å²) in [4.78, 5) is 2.81.